The van der Waals surface area contributed by atoms with Gasteiger partial charge in [-0.2, -0.15) is 0 Å². The molecule has 0 atom stereocenters. The Bertz CT molecular complexity index is 647. The number of hydrogen-bond donors (Lipinski definition) is 1. The van der Waals surface area contributed by atoms with Crippen LogP contribution in [0.3, 0.4) is 0 Å². The lowest BCUT2D eigenvalue weighted by Crippen LogP contribution is -2.17. The van der Waals surface area contributed by atoms with Crippen molar-refractivity contribution in [2.24, 2.45) is 0 Å². The van der Waals surface area contributed by atoms with Crippen molar-refractivity contribution in [2.45, 2.75) is 13.1 Å². The number of phenolic OH excluding ortho intramolecular Hbond substituents is 1. The van der Waals surface area contributed by atoms with Crippen LogP contribution in [0.1, 0.15) is 11.1 Å². The lowest BCUT2D eigenvalue weighted by Gasteiger charge is -2.18. The minimum Gasteiger partial charge on any atom is -0.506 e. The fraction of sp³-hybridized carbons (Fsp3) is 0.200. The lowest BCUT2D eigenvalue weighted by molar-refractivity contribution is -0.385. The van der Waals surface area contributed by atoms with Crippen LogP contribution in [0, 0.1) is 13.7 Å². The molecule has 0 aliphatic carbocycles. The number of nitro groups is 1. The van der Waals surface area contributed by atoms with Crippen LogP contribution in [0.4, 0.5) is 5.69 Å². The molecule has 1 N–H and O–H groups in total. The third-order valence-corrected chi connectivity index (χ3v) is 3.90. The molecular weight excluding hydrogens is 383 g/mol. The summed E-state index contributed by atoms with van der Waals surface area (Å²) in [4.78, 5) is 12.5. The van der Waals surface area contributed by atoms with Gasteiger partial charge >= 0.3 is 0 Å². The van der Waals surface area contributed by atoms with E-state index in [4.69, 9.17) is 0 Å². The van der Waals surface area contributed by atoms with Crippen LogP contribution in [0.25, 0.3) is 0 Å². The van der Waals surface area contributed by atoms with E-state index in [0.29, 0.717) is 22.2 Å². The van der Waals surface area contributed by atoms with Crippen molar-refractivity contribution in [2.75, 3.05) is 7.05 Å². The Morgan fingerprint density at radius 1 is 1.24 bits per heavy atom. The van der Waals surface area contributed by atoms with Crippen LogP contribution < -0.4 is 0 Å². The predicted molar refractivity (Wildman–Crippen MR) is 89.1 cm³/mol. The molecule has 21 heavy (non-hydrogen) atoms. The van der Waals surface area contributed by atoms with Crippen molar-refractivity contribution in [1.82, 2.24) is 4.90 Å². The van der Waals surface area contributed by atoms with Gasteiger partial charge in [0, 0.05) is 30.8 Å². The average molecular weight is 398 g/mol. The SMILES string of the molecule is CN(Cc1ccccc1)Cc1cc([N+](=O)[O-])cc(I)c1O. The maximum absolute atomic E-state index is 10.9. The molecular formula is C15H15IN2O3. The highest BCUT2D eigenvalue weighted by Crippen LogP contribution is 2.30. The highest BCUT2D eigenvalue weighted by Gasteiger charge is 2.16. The van der Waals surface area contributed by atoms with Gasteiger partial charge in [0.15, 0.2) is 0 Å². The zero-order chi connectivity index (χ0) is 15.4. The number of nitro benzene ring substituents is 1. The molecule has 110 valence electrons. The third-order valence-electron chi connectivity index (χ3n) is 3.07. The normalized spacial score (nSPS) is 10.8. The molecule has 0 unspecified atom stereocenters. The van der Waals surface area contributed by atoms with E-state index in [-0.39, 0.29) is 11.4 Å². The zero-order valence-corrected chi connectivity index (χ0v) is 13.6. The van der Waals surface area contributed by atoms with Gasteiger partial charge in [-0.1, -0.05) is 30.3 Å². The first-order valence-corrected chi connectivity index (χ1v) is 7.43. The van der Waals surface area contributed by atoms with Crippen LogP contribution in [-0.2, 0) is 13.1 Å². The summed E-state index contributed by atoms with van der Waals surface area (Å²) in [6.07, 6.45) is 0. The first-order chi connectivity index (χ1) is 9.97. The van der Waals surface area contributed by atoms with Crippen LogP contribution >= 0.6 is 22.6 Å². The van der Waals surface area contributed by atoms with Crippen molar-refractivity contribution in [3.63, 3.8) is 0 Å². The molecule has 5 nitrogen and oxygen atoms in total. The Balaban J connectivity index is 2.17. The van der Waals surface area contributed by atoms with E-state index in [1.807, 2.05) is 64.9 Å². The van der Waals surface area contributed by atoms with Gasteiger partial charge in [-0.3, -0.25) is 15.0 Å². The maximum Gasteiger partial charge on any atom is 0.271 e. The highest BCUT2D eigenvalue weighted by molar-refractivity contribution is 14.1. The smallest absolute Gasteiger partial charge is 0.271 e. The largest absolute Gasteiger partial charge is 0.506 e. The van der Waals surface area contributed by atoms with E-state index >= 15 is 0 Å². The van der Waals surface area contributed by atoms with Gasteiger partial charge in [-0.15, -0.1) is 0 Å². The monoisotopic (exact) mass is 398 g/mol. The fourth-order valence-electron chi connectivity index (χ4n) is 2.11. The second-order valence-corrected chi connectivity index (χ2v) is 6.01. The summed E-state index contributed by atoms with van der Waals surface area (Å²) in [5.74, 6) is 0.112. The van der Waals surface area contributed by atoms with Gasteiger partial charge in [-0.25, -0.2) is 0 Å². The fourth-order valence-corrected chi connectivity index (χ4v) is 2.77. The Hall–Kier alpha value is -1.67. The van der Waals surface area contributed by atoms with Crippen molar-refractivity contribution in [1.29, 1.82) is 0 Å². The maximum atomic E-state index is 10.9. The second-order valence-electron chi connectivity index (χ2n) is 4.85. The van der Waals surface area contributed by atoms with Gasteiger partial charge in [-0.05, 0) is 35.2 Å². The molecule has 0 heterocycles. The summed E-state index contributed by atoms with van der Waals surface area (Å²) in [5.41, 5.74) is 1.71. The standard InChI is InChI=1S/C15H15IN2O3/c1-17(9-11-5-3-2-4-6-11)10-12-7-13(18(20)21)8-14(16)15(12)19/h2-8,19H,9-10H2,1H3. The van der Waals surface area contributed by atoms with Gasteiger partial charge in [0.1, 0.15) is 5.75 Å². The quantitative estimate of drug-likeness (QED) is 0.476. The second kappa shape index (κ2) is 6.86. The summed E-state index contributed by atoms with van der Waals surface area (Å²) < 4.78 is 0.491. The number of halogens is 1. The molecule has 2 rings (SSSR count). The van der Waals surface area contributed by atoms with E-state index in [0.717, 1.165) is 5.56 Å². The summed E-state index contributed by atoms with van der Waals surface area (Å²) in [5, 5.41) is 21.0. The average Bonchev–Trinajstić information content (AvgIpc) is 2.44. The minimum atomic E-state index is -0.442. The molecule has 0 saturated carbocycles. The predicted octanol–water partition coefficient (Wildman–Crippen LogP) is 3.54. The molecule has 0 spiro atoms. The Morgan fingerprint density at radius 3 is 2.52 bits per heavy atom. The minimum absolute atomic E-state index is 0.000288. The molecule has 0 bridgehead atoms. The van der Waals surface area contributed by atoms with E-state index in [9.17, 15) is 15.2 Å². The first-order valence-electron chi connectivity index (χ1n) is 6.35. The number of phenols is 1. The molecule has 0 amide bonds. The number of nitrogens with zero attached hydrogens (tertiary/aromatic N) is 2. The van der Waals surface area contributed by atoms with Crippen LogP contribution in [0.5, 0.6) is 5.75 Å². The number of aromatic hydroxyl groups is 1. The third kappa shape index (κ3) is 4.15. The molecule has 2 aromatic carbocycles. The van der Waals surface area contributed by atoms with E-state index in [1.165, 1.54) is 12.1 Å². The summed E-state index contributed by atoms with van der Waals surface area (Å²) in [6, 6.07) is 12.7. The van der Waals surface area contributed by atoms with Crippen LogP contribution in [-0.4, -0.2) is 22.0 Å². The molecule has 6 heteroatoms. The number of non-ortho nitro benzene ring substituents is 1. The molecule has 2 aromatic rings. The molecule has 0 radical (unpaired) electrons. The van der Waals surface area contributed by atoms with Crippen LogP contribution in [0.15, 0.2) is 42.5 Å². The zero-order valence-electron chi connectivity index (χ0n) is 11.5. The Labute approximate surface area is 136 Å². The van der Waals surface area contributed by atoms with E-state index in [1.54, 1.807) is 0 Å². The Kier molecular flexibility index (Phi) is 5.13. The van der Waals surface area contributed by atoms with Gasteiger partial charge < -0.3 is 5.11 Å². The van der Waals surface area contributed by atoms with Crippen molar-refractivity contribution in [3.05, 3.63) is 67.3 Å². The first kappa shape index (κ1) is 15.7. The Morgan fingerprint density at radius 2 is 1.90 bits per heavy atom. The molecule has 0 fully saturated rings. The molecule has 0 saturated heterocycles. The van der Waals surface area contributed by atoms with Gasteiger partial charge in [0.05, 0.1) is 8.49 Å². The van der Waals surface area contributed by atoms with Gasteiger partial charge in [0.2, 0.25) is 0 Å². The lowest BCUT2D eigenvalue weighted by atomic mass is 10.1. The summed E-state index contributed by atoms with van der Waals surface area (Å²) in [6.45, 7) is 1.15. The number of rotatable bonds is 5. The van der Waals surface area contributed by atoms with Crippen molar-refractivity contribution >= 4 is 28.3 Å². The summed E-state index contributed by atoms with van der Waals surface area (Å²) >= 11 is 1.91. The van der Waals surface area contributed by atoms with Crippen LogP contribution in [0.2, 0.25) is 0 Å². The van der Waals surface area contributed by atoms with E-state index in [2.05, 4.69) is 0 Å². The summed E-state index contributed by atoms with van der Waals surface area (Å²) in [7, 11) is 1.91. The highest BCUT2D eigenvalue weighted by atomic mass is 127. The van der Waals surface area contributed by atoms with Gasteiger partial charge in [0.25, 0.3) is 5.69 Å². The number of benzene rings is 2. The van der Waals surface area contributed by atoms with E-state index < -0.39 is 4.92 Å². The van der Waals surface area contributed by atoms with Crippen molar-refractivity contribution < 1.29 is 10.0 Å². The molecule has 0 aliphatic rings. The molecule has 0 aromatic heterocycles. The number of hydrogen-bond acceptors (Lipinski definition) is 4. The molecule has 0 aliphatic heterocycles. The van der Waals surface area contributed by atoms with Crippen molar-refractivity contribution in [3.8, 4) is 5.75 Å². The topological polar surface area (TPSA) is 66.6 Å².